The van der Waals surface area contributed by atoms with Crippen LogP contribution in [0.4, 0.5) is 5.13 Å². The molecule has 7 nitrogen and oxygen atoms in total. The summed E-state index contributed by atoms with van der Waals surface area (Å²) >= 11 is 13.4. The van der Waals surface area contributed by atoms with Gasteiger partial charge in [-0.2, -0.15) is 0 Å². The van der Waals surface area contributed by atoms with Crippen LogP contribution in [0.2, 0.25) is 0 Å². The molecule has 3 aromatic rings. The lowest BCUT2D eigenvalue weighted by molar-refractivity contribution is 0.0974. The maximum atomic E-state index is 12.7. The number of ether oxygens (including phenoxy) is 3. The van der Waals surface area contributed by atoms with Crippen molar-refractivity contribution in [1.29, 1.82) is 0 Å². The Kier molecular flexibility index (Phi) is 6.93. The van der Waals surface area contributed by atoms with Gasteiger partial charge in [0.2, 0.25) is 0 Å². The zero-order valence-electron chi connectivity index (χ0n) is 15.5. The zero-order chi connectivity index (χ0) is 21.1. The summed E-state index contributed by atoms with van der Waals surface area (Å²) in [6.07, 6.45) is 0. The number of hydrogen-bond donors (Lipinski definition) is 2. The molecule has 29 heavy (non-hydrogen) atoms. The highest BCUT2D eigenvalue weighted by atomic mass is 79.9. The second-order valence-electron chi connectivity index (χ2n) is 5.57. The molecule has 2 aromatic carbocycles. The topological polar surface area (TPSA) is 81.7 Å². The lowest BCUT2D eigenvalue weighted by atomic mass is 10.2. The van der Waals surface area contributed by atoms with Gasteiger partial charge >= 0.3 is 0 Å². The van der Waals surface area contributed by atoms with Crippen molar-refractivity contribution in [2.75, 3.05) is 26.6 Å². The third-order valence-corrected chi connectivity index (χ3v) is 5.96. The molecule has 3 rings (SSSR count). The van der Waals surface area contributed by atoms with Crippen molar-refractivity contribution in [3.8, 4) is 17.2 Å². The van der Waals surface area contributed by atoms with E-state index >= 15 is 0 Å². The summed E-state index contributed by atoms with van der Waals surface area (Å²) in [6, 6.07) is 7.04. The van der Waals surface area contributed by atoms with Crippen LogP contribution >= 0.6 is 55.4 Å². The maximum absolute atomic E-state index is 12.7. The molecular formula is C18H15Br2N3O4S2. The molecule has 0 aliphatic heterocycles. The Balaban J connectivity index is 1.80. The van der Waals surface area contributed by atoms with Crippen LogP contribution in [0.3, 0.4) is 0 Å². The van der Waals surface area contributed by atoms with Gasteiger partial charge < -0.3 is 19.5 Å². The number of rotatable bonds is 5. The third kappa shape index (κ3) is 4.80. The lowest BCUT2D eigenvalue weighted by Gasteiger charge is -2.12. The summed E-state index contributed by atoms with van der Waals surface area (Å²) < 4.78 is 18.2. The number of hydrogen-bond acceptors (Lipinski definition) is 7. The molecule has 0 bridgehead atoms. The van der Waals surface area contributed by atoms with Crippen molar-refractivity contribution >= 4 is 81.8 Å². The molecule has 1 heterocycles. The van der Waals surface area contributed by atoms with Crippen molar-refractivity contribution in [1.82, 2.24) is 10.3 Å². The Bertz CT molecular complexity index is 1100. The van der Waals surface area contributed by atoms with E-state index in [1.807, 2.05) is 6.07 Å². The highest BCUT2D eigenvalue weighted by Gasteiger charge is 2.18. The lowest BCUT2D eigenvalue weighted by Crippen LogP contribution is -2.34. The standard InChI is InChI=1S/C18H15Br2N3O4S2/c1-25-9-6-12(26-2)14-13(7-9)29-18(21-14)23-17(28)22-16(24)10-4-8(19)5-11(20)15(10)27-3/h4-7H,1-3H3,(H2,21,22,23,24,28). The molecule has 0 saturated heterocycles. The van der Waals surface area contributed by atoms with Crippen LogP contribution in [0.25, 0.3) is 10.2 Å². The molecule has 0 aliphatic rings. The minimum Gasteiger partial charge on any atom is -0.497 e. The summed E-state index contributed by atoms with van der Waals surface area (Å²) in [6.45, 7) is 0. The molecule has 0 radical (unpaired) electrons. The normalized spacial score (nSPS) is 10.5. The first-order valence-electron chi connectivity index (χ1n) is 8.04. The molecule has 1 aromatic heterocycles. The van der Waals surface area contributed by atoms with E-state index < -0.39 is 5.91 Å². The first-order valence-corrected chi connectivity index (χ1v) is 10.8. The van der Waals surface area contributed by atoms with Gasteiger partial charge in [-0.25, -0.2) is 4.98 Å². The van der Waals surface area contributed by atoms with Crippen LogP contribution in [-0.4, -0.2) is 37.3 Å². The molecule has 1 amide bonds. The van der Waals surface area contributed by atoms with Crippen LogP contribution < -0.4 is 24.8 Å². The van der Waals surface area contributed by atoms with Crippen molar-refractivity contribution in [2.45, 2.75) is 0 Å². The monoisotopic (exact) mass is 559 g/mol. The quantitative estimate of drug-likeness (QED) is 0.426. The van der Waals surface area contributed by atoms with Crippen molar-refractivity contribution < 1.29 is 19.0 Å². The number of thiocarbonyl (C=S) groups is 1. The Morgan fingerprint density at radius 3 is 2.52 bits per heavy atom. The van der Waals surface area contributed by atoms with Gasteiger partial charge in [0.1, 0.15) is 22.8 Å². The largest absolute Gasteiger partial charge is 0.497 e. The van der Waals surface area contributed by atoms with Crippen molar-refractivity contribution in [3.05, 3.63) is 38.8 Å². The fourth-order valence-electron chi connectivity index (χ4n) is 2.54. The number of fused-ring (bicyclic) bond motifs is 1. The van der Waals surface area contributed by atoms with E-state index in [0.29, 0.717) is 37.9 Å². The number of methoxy groups -OCH3 is 3. The minimum absolute atomic E-state index is 0.109. The molecule has 0 fully saturated rings. The van der Waals surface area contributed by atoms with E-state index in [1.54, 1.807) is 32.4 Å². The predicted molar refractivity (Wildman–Crippen MR) is 125 cm³/mol. The van der Waals surface area contributed by atoms with E-state index in [0.717, 1.165) is 9.17 Å². The van der Waals surface area contributed by atoms with Crippen molar-refractivity contribution in [3.63, 3.8) is 0 Å². The summed E-state index contributed by atoms with van der Waals surface area (Å²) in [4.78, 5) is 17.2. The Hall–Kier alpha value is -1.95. The van der Waals surface area contributed by atoms with E-state index in [1.165, 1.54) is 18.4 Å². The SMILES string of the molecule is COc1cc(OC)c2nc(NC(=S)NC(=O)c3cc(Br)cc(Br)c3OC)sc2c1. The maximum Gasteiger partial charge on any atom is 0.261 e. The highest BCUT2D eigenvalue weighted by molar-refractivity contribution is 9.11. The summed E-state index contributed by atoms with van der Waals surface area (Å²) in [5, 5.41) is 6.20. The molecule has 0 atom stereocenters. The smallest absolute Gasteiger partial charge is 0.261 e. The number of nitrogens with one attached hydrogen (secondary N) is 2. The van der Waals surface area contributed by atoms with Crippen molar-refractivity contribution in [2.24, 2.45) is 0 Å². The Morgan fingerprint density at radius 1 is 1.10 bits per heavy atom. The average molecular weight is 561 g/mol. The number of thiazole rings is 1. The van der Waals surface area contributed by atoms with Gasteiger partial charge in [0.05, 0.1) is 36.1 Å². The Morgan fingerprint density at radius 2 is 1.86 bits per heavy atom. The Labute approximate surface area is 193 Å². The number of aromatic nitrogens is 1. The van der Waals surface area contributed by atoms with Crippen LogP contribution in [0.1, 0.15) is 10.4 Å². The highest BCUT2D eigenvalue weighted by Crippen LogP contribution is 2.36. The number of nitrogens with zero attached hydrogens (tertiary/aromatic N) is 1. The molecule has 0 spiro atoms. The predicted octanol–water partition coefficient (Wildman–Crippen LogP) is 4.97. The first kappa shape index (κ1) is 21.8. The third-order valence-electron chi connectivity index (χ3n) is 3.79. The number of carbonyl (C=O) groups is 1. The summed E-state index contributed by atoms with van der Waals surface area (Å²) in [5.41, 5.74) is 1.00. The fourth-order valence-corrected chi connectivity index (χ4v) is 5.09. The van der Waals surface area contributed by atoms with Gasteiger partial charge in [-0.1, -0.05) is 27.3 Å². The van der Waals surface area contributed by atoms with E-state index in [2.05, 4.69) is 47.5 Å². The zero-order valence-corrected chi connectivity index (χ0v) is 20.3. The molecule has 152 valence electrons. The van der Waals surface area contributed by atoms with Crippen LogP contribution in [-0.2, 0) is 0 Å². The van der Waals surface area contributed by atoms with E-state index in [-0.39, 0.29) is 5.11 Å². The minimum atomic E-state index is -0.415. The molecule has 0 aliphatic carbocycles. The first-order chi connectivity index (χ1) is 13.9. The molecule has 0 saturated carbocycles. The van der Waals surface area contributed by atoms with Gasteiger partial charge in [0, 0.05) is 10.5 Å². The fraction of sp³-hybridized carbons (Fsp3) is 0.167. The van der Waals surface area contributed by atoms with Crippen LogP contribution in [0, 0.1) is 0 Å². The second kappa shape index (κ2) is 9.24. The van der Waals surface area contributed by atoms with Gasteiger partial charge in [-0.05, 0) is 46.3 Å². The van der Waals surface area contributed by atoms with Crippen LogP contribution in [0.15, 0.2) is 33.2 Å². The molecular weight excluding hydrogens is 546 g/mol. The molecule has 11 heteroatoms. The van der Waals surface area contributed by atoms with Gasteiger partial charge in [-0.15, -0.1) is 0 Å². The number of benzene rings is 2. The van der Waals surface area contributed by atoms with Crippen LogP contribution in [0.5, 0.6) is 17.2 Å². The van der Waals surface area contributed by atoms with Gasteiger partial charge in [0.15, 0.2) is 10.2 Å². The van der Waals surface area contributed by atoms with Gasteiger partial charge in [-0.3, -0.25) is 10.1 Å². The van der Waals surface area contributed by atoms with E-state index in [4.69, 9.17) is 26.4 Å². The number of amides is 1. The molecule has 0 unspecified atom stereocenters. The molecule has 2 N–H and O–H groups in total. The summed E-state index contributed by atoms with van der Waals surface area (Å²) in [7, 11) is 4.64. The number of halogens is 2. The van der Waals surface area contributed by atoms with Gasteiger partial charge in [0.25, 0.3) is 5.91 Å². The van der Waals surface area contributed by atoms with E-state index in [9.17, 15) is 4.79 Å². The number of anilines is 1. The number of carbonyl (C=O) groups excluding carboxylic acids is 1. The average Bonchev–Trinajstić information content (AvgIpc) is 3.08. The summed E-state index contributed by atoms with van der Waals surface area (Å²) in [5.74, 6) is 1.24. The second-order valence-corrected chi connectivity index (χ2v) is 8.78.